The van der Waals surface area contributed by atoms with Gasteiger partial charge in [-0.05, 0) is 0 Å². The standard InChI is InChI=1S/C27H47N3O19.Na/c1-9(33)29-15-11(35)5-27(26(42)43,49-23(15)17(37)12(36)6-31)45-8-14-18(38)20(40)21(41)25(47-14)48-22-13(7-32)46-24(44-4-3-28)16(19(22)39)30-10(2)34;/h11-25,31-32,35-41H,3-8,28H2,1-2H3,(H,29,33)(H,30,34)(H,42,43);/t11-,12+,13+,14+,15+,16+,17+,18-,19+,20-,21+,22+,23+,24+,25-,27+;/m0./s1. The number of nitrogens with two attached hydrogens (primary N) is 1. The van der Waals surface area contributed by atoms with Crippen molar-refractivity contribution in [3.05, 3.63) is 0 Å². The Labute approximate surface area is 307 Å². The molecule has 0 unspecified atom stereocenters. The Kier molecular flexibility index (Phi) is 17.7. The molecule has 16 atom stereocenters. The summed E-state index contributed by atoms with van der Waals surface area (Å²) < 4.78 is 33.4. The molecule has 0 aromatic rings. The van der Waals surface area contributed by atoms with E-state index < -0.39 is 142 Å². The van der Waals surface area contributed by atoms with Gasteiger partial charge in [0, 0.05) is 56.4 Å². The van der Waals surface area contributed by atoms with Gasteiger partial charge in [-0.15, -0.1) is 0 Å². The molecular weight excluding hydrogens is 693 g/mol. The molecule has 0 aliphatic carbocycles. The topological polar surface area (TPSA) is 359 Å². The van der Waals surface area contributed by atoms with Crippen molar-refractivity contribution >= 4 is 47.3 Å². The van der Waals surface area contributed by atoms with Gasteiger partial charge in [-0.25, -0.2) is 4.79 Å². The molecule has 3 rings (SSSR count). The van der Waals surface area contributed by atoms with E-state index >= 15 is 0 Å². The number of ether oxygens (including phenoxy) is 6. The van der Waals surface area contributed by atoms with Gasteiger partial charge in [0.05, 0.1) is 38.6 Å². The number of rotatable bonds is 15. The van der Waals surface area contributed by atoms with Crippen molar-refractivity contribution in [3.8, 4) is 0 Å². The van der Waals surface area contributed by atoms with Crippen LogP contribution < -0.4 is 16.4 Å². The number of carbonyl (C=O) groups is 3. The normalized spacial score (nSPS) is 40.2. The van der Waals surface area contributed by atoms with Crippen LogP contribution in [0.4, 0.5) is 0 Å². The third-order valence-corrected chi connectivity index (χ3v) is 8.25. The fourth-order valence-corrected chi connectivity index (χ4v) is 5.77. The quantitative estimate of drug-likeness (QED) is 0.0693. The van der Waals surface area contributed by atoms with E-state index in [1.807, 2.05) is 0 Å². The van der Waals surface area contributed by atoms with E-state index in [0.29, 0.717) is 0 Å². The molecule has 2 amide bonds. The Balaban J connectivity index is 0.00000867. The third kappa shape index (κ3) is 10.5. The maximum Gasteiger partial charge on any atom is 0.364 e. The third-order valence-electron chi connectivity index (χ3n) is 8.25. The summed E-state index contributed by atoms with van der Waals surface area (Å²) in [4.78, 5) is 36.1. The van der Waals surface area contributed by atoms with E-state index in [-0.39, 0.29) is 42.7 Å². The number of carboxylic acids is 1. The number of aliphatic hydroxyl groups excluding tert-OH is 9. The van der Waals surface area contributed by atoms with Crippen LogP contribution in [0, 0.1) is 0 Å². The van der Waals surface area contributed by atoms with Crippen LogP contribution in [-0.2, 0) is 42.8 Å². The molecule has 3 aliphatic rings. The van der Waals surface area contributed by atoms with E-state index in [1.165, 1.54) is 0 Å². The zero-order valence-electron chi connectivity index (χ0n) is 27.6. The van der Waals surface area contributed by atoms with Gasteiger partial charge in [0.1, 0.15) is 67.1 Å². The van der Waals surface area contributed by atoms with E-state index in [1.54, 1.807) is 0 Å². The summed E-state index contributed by atoms with van der Waals surface area (Å²) in [5.41, 5.74) is 5.46. The largest absolute Gasteiger partial charge is 0.477 e. The van der Waals surface area contributed by atoms with Gasteiger partial charge in [-0.1, -0.05) is 0 Å². The molecule has 3 fully saturated rings. The summed E-state index contributed by atoms with van der Waals surface area (Å²) in [6.45, 7) is -0.558. The summed E-state index contributed by atoms with van der Waals surface area (Å²) in [5.74, 6) is -6.03. The molecule has 285 valence electrons. The fourth-order valence-electron chi connectivity index (χ4n) is 5.77. The van der Waals surface area contributed by atoms with Crippen LogP contribution in [0.5, 0.6) is 0 Å². The zero-order chi connectivity index (χ0) is 36.8. The number of aliphatic hydroxyl groups is 9. The predicted octanol–water partition coefficient (Wildman–Crippen LogP) is -8.48. The van der Waals surface area contributed by atoms with Crippen LogP contribution in [0.15, 0.2) is 0 Å². The molecule has 3 saturated heterocycles. The summed E-state index contributed by atoms with van der Waals surface area (Å²) in [5, 5.41) is 109. The second-order valence-corrected chi connectivity index (χ2v) is 11.9. The fraction of sp³-hybridized carbons (Fsp3) is 0.889. The second kappa shape index (κ2) is 19.7. The van der Waals surface area contributed by atoms with Crippen LogP contribution in [-0.4, -0.2) is 229 Å². The number of hydrogen-bond donors (Lipinski definition) is 13. The van der Waals surface area contributed by atoms with Crippen LogP contribution in [0.3, 0.4) is 0 Å². The first-order valence-corrected chi connectivity index (χ1v) is 15.4. The number of hydrogen-bond acceptors (Lipinski definition) is 19. The summed E-state index contributed by atoms with van der Waals surface area (Å²) in [6.07, 6.45) is -24.1. The van der Waals surface area contributed by atoms with Crippen LogP contribution in [0.25, 0.3) is 0 Å². The minimum atomic E-state index is -2.84. The molecule has 23 heteroatoms. The zero-order valence-corrected chi connectivity index (χ0v) is 29.6. The summed E-state index contributed by atoms with van der Waals surface area (Å²) >= 11 is 0. The van der Waals surface area contributed by atoms with Crippen molar-refractivity contribution < 1.29 is 93.9 Å². The van der Waals surface area contributed by atoms with Crippen LogP contribution in [0.1, 0.15) is 20.3 Å². The van der Waals surface area contributed by atoms with Gasteiger partial charge in [0.15, 0.2) is 12.6 Å². The maximum atomic E-state index is 12.5. The molecule has 3 heterocycles. The SMILES string of the molecule is CC(=O)N[C@H]1[C@H](OCCN)O[C@H](CO)[C@@H](O[C@@H]2O[C@H](CO[C@]3(C(=O)O)C[C@H](O)[C@@H](NC(C)=O)[C@H]([C@H](O)[C@H](O)CO)O3)[C@H](O)[C@H](O)[C@H]2O)[C@@H]1O.[Na]. The van der Waals surface area contributed by atoms with Crippen molar-refractivity contribution in [1.29, 1.82) is 0 Å². The number of nitrogens with one attached hydrogen (secondary N) is 2. The van der Waals surface area contributed by atoms with Gasteiger partial charge in [-0.3, -0.25) is 9.59 Å². The van der Waals surface area contributed by atoms with Crippen LogP contribution in [0.2, 0.25) is 0 Å². The molecule has 1 radical (unpaired) electrons. The van der Waals surface area contributed by atoms with E-state index in [4.69, 9.17) is 34.2 Å². The average Bonchev–Trinajstić information content (AvgIpc) is 3.05. The monoisotopic (exact) mass is 740 g/mol. The minimum absolute atomic E-state index is 0. The molecule has 0 bridgehead atoms. The van der Waals surface area contributed by atoms with E-state index in [9.17, 15) is 65.4 Å². The number of amides is 2. The molecule has 14 N–H and O–H groups in total. The number of aliphatic carboxylic acids is 1. The van der Waals surface area contributed by atoms with Crippen molar-refractivity contribution in [1.82, 2.24) is 10.6 Å². The van der Waals surface area contributed by atoms with E-state index in [0.717, 1.165) is 13.8 Å². The van der Waals surface area contributed by atoms with Crippen molar-refractivity contribution in [2.75, 3.05) is 33.0 Å². The van der Waals surface area contributed by atoms with Crippen LogP contribution >= 0.6 is 0 Å². The first-order valence-electron chi connectivity index (χ1n) is 15.4. The average molecular weight is 741 g/mol. The molecule has 22 nitrogen and oxygen atoms in total. The Morgan fingerprint density at radius 1 is 0.900 bits per heavy atom. The second-order valence-electron chi connectivity index (χ2n) is 11.9. The minimum Gasteiger partial charge on any atom is -0.477 e. The maximum absolute atomic E-state index is 12.5. The molecule has 0 saturated carbocycles. The van der Waals surface area contributed by atoms with Gasteiger partial charge < -0.3 is 95.9 Å². The summed E-state index contributed by atoms with van der Waals surface area (Å²) in [7, 11) is 0. The predicted molar refractivity (Wildman–Crippen MR) is 160 cm³/mol. The first-order chi connectivity index (χ1) is 23.0. The number of carbonyl (C=O) groups excluding carboxylic acids is 2. The van der Waals surface area contributed by atoms with Gasteiger partial charge in [0.25, 0.3) is 5.79 Å². The Bertz CT molecular complexity index is 1110. The van der Waals surface area contributed by atoms with E-state index in [2.05, 4.69) is 10.6 Å². The van der Waals surface area contributed by atoms with Crippen molar-refractivity contribution in [3.63, 3.8) is 0 Å². The molecule has 50 heavy (non-hydrogen) atoms. The van der Waals surface area contributed by atoms with Crippen molar-refractivity contribution in [2.24, 2.45) is 5.73 Å². The Morgan fingerprint density at radius 3 is 2.04 bits per heavy atom. The molecule has 0 aromatic carbocycles. The van der Waals surface area contributed by atoms with Crippen molar-refractivity contribution in [2.45, 2.75) is 118 Å². The Morgan fingerprint density at radius 2 is 1.50 bits per heavy atom. The first kappa shape index (κ1) is 44.9. The Hall–Kier alpha value is -1.23. The number of carboxylic acid groups (broad SMARTS) is 1. The molecule has 0 aromatic heterocycles. The van der Waals surface area contributed by atoms with Gasteiger partial charge in [0.2, 0.25) is 11.8 Å². The van der Waals surface area contributed by atoms with Gasteiger partial charge >= 0.3 is 5.97 Å². The molecular formula is C27H47N3NaO19. The summed E-state index contributed by atoms with van der Waals surface area (Å²) in [6, 6.07) is -2.77. The van der Waals surface area contributed by atoms with Gasteiger partial charge in [-0.2, -0.15) is 0 Å². The smallest absolute Gasteiger partial charge is 0.364 e. The molecule has 0 spiro atoms. The molecule has 3 aliphatic heterocycles.